The second-order valence-electron chi connectivity index (χ2n) is 4.51. The molecule has 0 aliphatic carbocycles. The first-order chi connectivity index (χ1) is 9.55. The molecule has 0 fully saturated rings. The topological polar surface area (TPSA) is 62.5 Å². The lowest BCUT2D eigenvalue weighted by Gasteiger charge is -2.20. The van der Waals surface area contributed by atoms with Gasteiger partial charge in [0.05, 0.1) is 6.61 Å². The zero-order chi connectivity index (χ0) is 14.7. The second kappa shape index (κ2) is 6.52. The van der Waals surface area contributed by atoms with Crippen LogP contribution in [0.4, 0.5) is 0 Å². The number of benzene rings is 1. The van der Waals surface area contributed by atoms with Gasteiger partial charge in [-0.3, -0.25) is 4.79 Å². The van der Waals surface area contributed by atoms with Crippen molar-refractivity contribution in [3.8, 4) is 0 Å². The van der Waals surface area contributed by atoms with Gasteiger partial charge in [-0.25, -0.2) is 0 Å². The van der Waals surface area contributed by atoms with Gasteiger partial charge in [-0.1, -0.05) is 11.6 Å². The van der Waals surface area contributed by atoms with Gasteiger partial charge in [-0.15, -0.1) is 0 Å². The standard InChI is InChI=1S/C14H16ClNO3S/c1-8(13(7-17)20-2)16-14(18)12-6-9-5-10(15)3-4-11(9)19-12/h3-6,8,13,17H,7H2,1-2H3,(H,16,18). The van der Waals surface area contributed by atoms with Gasteiger partial charge in [0.1, 0.15) is 5.58 Å². The summed E-state index contributed by atoms with van der Waals surface area (Å²) < 4.78 is 5.49. The molecule has 20 heavy (non-hydrogen) atoms. The maximum atomic E-state index is 12.1. The van der Waals surface area contributed by atoms with Crippen LogP contribution in [0.1, 0.15) is 17.5 Å². The Morgan fingerprint density at radius 1 is 1.50 bits per heavy atom. The lowest BCUT2D eigenvalue weighted by molar-refractivity contribution is 0.0910. The number of halogens is 1. The second-order valence-corrected chi connectivity index (χ2v) is 6.03. The van der Waals surface area contributed by atoms with Crippen molar-refractivity contribution < 1.29 is 14.3 Å². The van der Waals surface area contributed by atoms with Crippen molar-refractivity contribution in [2.24, 2.45) is 0 Å². The molecule has 1 aromatic heterocycles. The highest BCUT2D eigenvalue weighted by atomic mass is 35.5. The lowest BCUT2D eigenvalue weighted by Crippen LogP contribution is -2.41. The molecule has 0 spiro atoms. The van der Waals surface area contributed by atoms with Crippen LogP contribution in [0.15, 0.2) is 28.7 Å². The molecule has 1 aromatic carbocycles. The Kier molecular flexibility index (Phi) is 4.96. The third kappa shape index (κ3) is 3.29. The highest BCUT2D eigenvalue weighted by Gasteiger charge is 2.20. The van der Waals surface area contributed by atoms with E-state index in [4.69, 9.17) is 16.0 Å². The molecule has 0 radical (unpaired) electrons. The summed E-state index contributed by atoms with van der Waals surface area (Å²) in [6.07, 6.45) is 1.90. The smallest absolute Gasteiger partial charge is 0.287 e. The Hall–Kier alpha value is -1.17. The van der Waals surface area contributed by atoms with Crippen molar-refractivity contribution in [3.63, 3.8) is 0 Å². The van der Waals surface area contributed by atoms with E-state index in [1.54, 1.807) is 24.3 Å². The maximum Gasteiger partial charge on any atom is 0.287 e. The first-order valence-electron chi connectivity index (χ1n) is 6.18. The zero-order valence-corrected chi connectivity index (χ0v) is 12.8. The number of carbonyl (C=O) groups is 1. The molecule has 0 saturated heterocycles. The van der Waals surface area contributed by atoms with Gasteiger partial charge in [-0.05, 0) is 37.4 Å². The minimum Gasteiger partial charge on any atom is -0.451 e. The minimum atomic E-state index is -0.294. The molecule has 0 bridgehead atoms. The van der Waals surface area contributed by atoms with Crippen LogP contribution in [0, 0.1) is 0 Å². The van der Waals surface area contributed by atoms with Crippen LogP contribution in [0.3, 0.4) is 0 Å². The fourth-order valence-electron chi connectivity index (χ4n) is 1.93. The number of thioether (sulfide) groups is 1. The van der Waals surface area contributed by atoms with Gasteiger partial charge in [0.2, 0.25) is 0 Å². The molecule has 1 amide bonds. The Morgan fingerprint density at radius 3 is 2.90 bits per heavy atom. The van der Waals surface area contributed by atoms with Crippen LogP contribution in [-0.4, -0.2) is 35.2 Å². The quantitative estimate of drug-likeness (QED) is 0.891. The minimum absolute atomic E-state index is 0.0123. The number of aliphatic hydroxyl groups excluding tert-OH is 1. The van der Waals surface area contributed by atoms with Crippen LogP contribution in [0.25, 0.3) is 11.0 Å². The molecular formula is C14H16ClNO3S. The predicted molar refractivity (Wildman–Crippen MR) is 82.5 cm³/mol. The third-order valence-corrected chi connectivity index (χ3v) is 4.50. The summed E-state index contributed by atoms with van der Waals surface area (Å²) in [4.78, 5) is 12.1. The SMILES string of the molecule is CSC(CO)C(C)NC(=O)c1cc2cc(Cl)ccc2o1. The summed E-state index contributed by atoms with van der Waals surface area (Å²) in [5, 5.41) is 13.4. The number of carbonyl (C=O) groups excluding carboxylic acids is 1. The molecule has 2 aromatic rings. The Morgan fingerprint density at radius 2 is 2.25 bits per heavy atom. The molecule has 4 nitrogen and oxygen atoms in total. The highest BCUT2D eigenvalue weighted by Crippen LogP contribution is 2.23. The molecule has 0 aliphatic rings. The van der Waals surface area contributed by atoms with Crippen molar-refractivity contribution in [2.75, 3.05) is 12.9 Å². The number of fused-ring (bicyclic) bond motifs is 1. The summed E-state index contributed by atoms with van der Waals surface area (Å²) in [7, 11) is 0. The van der Waals surface area contributed by atoms with Gasteiger partial charge in [-0.2, -0.15) is 11.8 Å². The van der Waals surface area contributed by atoms with E-state index in [0.29, 0.717) is 10.6 Å². The van der Waals surface area contributed by atoms with Crippen molar-refractivity contribution >= 4 is 40.2 Å². The van der Waals surface area contributed by atoms with Gasteiger partial charge in [0.15, 0.2) is 5.76 Å². The number of aliphatic hydroxyl groups is 1. The zero-order valence-electron chi connectivity index (χ0n) is 11.2. The largest absolute Gasteiger partial charge is 0.451 e. The van der Waals surface area contributed by atoms with Crippen LogP contribution in [0.5, 0.6) is 0 Å². The number of hydrogen-bond acceptors (Lipinski definition) is 4. The summed E-state index contributed by atoms with van der Waals surface area (Å²) in [5.41, 5.74) is 0.621. The molecule has 2 rings (SSSR count). The van der Waals surface area contributed by atoms with Crippen LogP contribution >= 0.6 is 23.4 Å². The average Bonchev–Trinajstić information content (AvgIpc) is 2.83. The summed E-state index contributed by atoms with van der Waals surface area (Å²) in [5.74, 6) is -0.0516. The monoisotopic (exact) mass is 313 g/mol. The Balaban J connectivity index is 2.15. The Labute approximate surface area is 126 Å². The molecule has 2 N–H and O–H groups in total. The normalized spacial score (nSPS) is 14.2. The van der Waals surface area contributed by atoms with Crippen LogP contribution in [0.2, 0.25) is 5.02 Å². The molecule has 6 heteroatoms. The fourth-order valence-corrected chi connectivity index (χ4v) is 2.74. The van der Waals surface area contributed by atoms with E-state index < -0.39 is 0 Å². The molecule has 0 aliphatic heterocycles. The average molecular weight is 314 g/mol. The van der Waals surface area contributed by atoms with E-state index in [1.807, 2.05) is 13.2 Å². The fraction of sp³-hybridized carbons (Fsp3) is 0.357. The van der Waals surface area contributed by atoms with Crippen molar-refractivity contribution in [1.29, 1.82) is 0 Å². The van der Waals surface area contributed by atoms with Crippen LogP contribution < -0.4 is 5.32 Å². The van der Waals surface area contributed by atoms with Gasteiger partial charge < -0.3 is 14.8 Å². The summed E-state index contributed by atoms with van der Waals surface area (Å²) in [6.45, 7) is 1.87. The maximum absolute atomic E-state index is 12.1. The molecule has 2 atom stereocenters. The number of furan rings is 1. The van der Waals surface area contributed by atoms with Crippen molar-refractivity contribution in [2.45, 2.75) is 18.2 Å². The van der Waals surface area contributed by atoms with E-state index in [-0.39, 0.29) is 29.6 Å². The highest BCUT2D eigenvalue weighted by molar-refractivity contribution is 7.99. The Bertz CT molecular complexity index is 609. The molecule has 2 unspecified atom stereocenters. The number of nitrogens with one attached hydrogen (secondary N) is 1. The first-order valence-corrected chi connectivity index (χ1v) is 7.85. The molecule has 108 valence electrons. The van der Waals surface area contributed by atoms with Gasteiger partial charge >= 0.3 is 0 Å². The molecule has 1 heterocycles. The van der Waals surface area contributed by atoms with E-state index in [1.165, 1.54) is 11.8 Å². The molecular weight excluding hydrogens is 298 g/mol. The first kappa shape index (κ1) is 15.2. The number of amides is 1. The van der Waals surface area contributed by atoms with Crippen LogP contribution in [-0.2, 0) is 0 Å². The van der Waals surface area contributed by atoms with Crippen molar-refractivity contribution in [3.05, 3.63) is 35.0 Å². The van der Waals surface area contributed by atoms with E-state index in [0.717, 1.165) is 5.39 Å². The summed E-state index contributed by atoms with van der Waals surface area (Å²) >= 11 is 7.41. The number of hydrogen-bond donors (Lipinski definition) is 2. The third-order valence-electron chi connectivity index (χ3n) is 3.10. The summed E-state index contributed by atoms with van der Waals surface area (Å²) in [6, 6.07) is 6.71. The number of rotatable bonds is 5. The van der Waals surface area contributed by atoms with E-state index >= 15 is 0 Å². The predicted octanol–water partition coefficient (Wildman–Crippen LogP) is 2.93. The lowest BCUT2D eigenvalue weighted by atomic mass is 10.2. The molecule has 0 saturated carbocycles. The van der Waals surface area contributed by atoms with E-state index in [9.17, 15) is 9.90 Å². The van der Waals surface area contributed by atoms with E-state index in [2.05, 4.69) is 5.32 Å². The van der Waals surface area contributed by atoms with Crippen molar-refractivity contribution in [1.82, 2.24) is 5.32 Å². The van der Waals surface area contributed by atoms with Gasteiger partial charge in [0, 0.05) is 21.7 Å². The van der Waals surface area contributed by atoms with Gasteiger partial charge in [0.25, 0.3) is 5.91 Å².